The minimum absolute atomic E-state index is 0.117. The Bertz CT molecular complexity index is 451. The first-order valence-electron chi connectivity index (χ1n) is 8.01. The van der Waals surface area contributed by atoms with E-state index < -0.39 is 0 Å². The van der Waals surface area contributed by atoms with Gasteiger partial charge in [-0.05, 0) is 32.7 Å². The number of likely N-dealkylation sites (N-methyl/N-ethyl adjacent to an activating group) is 1. The largest absolute Gasteiger partial charge is 0.354 e. The SMILES string of the molecule is CC(C(=O)NCC1CCCCC1)N(C)Cc1cnn(C)c1. The van der Waals surface area contributed by atoms with Crippen LogP contribution in [-0.2, 0) is 18.4 Å². The Morgan fingerprint density at radius 1 is 1.48 bits per heavy atom. The second kappa shape index (κ2) is 7.59. The number of amides is 1. The fourth-order valence-corrected chi connectivity index (χ4v) is 2.96. The van der Waals surface area contributed by atoms with Crippen LogP contribution in [0.15, 0.2) is 12.4 Å². The Morgan fingerprint density at radius 2 is 2.19 bits per heavy atom. The molecule has 1 aromatic rings. The predicted molar refractivity (Wildman–Crippen MR) is 83.7 cm³/mol. The maximum absolute atomic E-state index is 12.2. The molecule has 1 atom stereocenters. The van der Waals surface area contributed by atoms with Crippen LogP contribution in [0.2, 0.25) is 0 Å². The number of aryl methyl sites for hydroxylation is 1. The third kappa shape index (κ3) is 4.84. The second-order valence-electron chi connectivity index (χ2n) is 6.36. The molecule has 5 heteroatoms. The first-order chi connectivity index (χ1) is 10.1. The maximum Gasteiger partial charge on any atom is 0.237 e. The van der Waals surface area contributed by atoms with Crippen molar-refractivity contribution in [3.05, 3.63) is 18.0 Å². The van der Waals surface area contributed by atoms with Gasteiger partial charge in [0.05, 0.1) is 12.2 Å². The van der Waals surface area contributed by atoms with Crippen LogP contribution >= 0.6 is 0 Å². The van der Waals surface area contributed by atoms with Crippen LogP contribution in [0, 0.1) is 5.92 Å². The van der Waals surface area contributed by atoms with Crippen LogP contribution in [0.3, 0.4) is 0 Å². The molecule has 0 saturated heterocycles. The van der Waals surface area contributed by atoms with Crippen molar-refractivity contribution in [3.63, 3.8) is 0 Å². The third-order valence-corrected chi connectivity index (χ3v) is 4.52. The van der Waals surface area contributed by atoms with Gasteiger partial charge in [0.2, 0.25) is 5.91 Å². The van der Waals surface area contributed by atoms with E-state index in [0.717, 1.165) is 18.7 Å². The Labute approximate surface area is 127 Å². The summed E-state index contributed by atoms with van der Waals surface area (Å²) in [4.78, 5) is 14.3. The highest BCUT2D eigenvalue weighted by Gasteiger charge is 2.20. The summed E-state index contributed by atoms with van der Waals surface area (Å²) in [6, 6.07) is -0.117. The number of carbonyl (C=O) groups is 1. The molecule has 1 saturated carbocycles. The third-order valence-electron chi connectivity index (χ3n) is 4.52. The summed E-state index contributed by atoms with van der Waals surface area (Å²) in [5.41, 5.74) is 1.13. The van der Waals surface area contributed by atoms with Gasteiger partial charge in [-0.2, -0.15) is 5.10 Å². The van der Waals surface area contributed by atoms with Crippen molar-refractivity contribution in [3.8, 4) is 0 Å². The number of aromatic nitrogens is 2. The van der Waals surface area contributed by atoms with Gasteiger partial charge < -0.3 is 5.32 Å². The van der Waals surface area contributed by atoms with Crippen LogP contribution in [0.1, 0.15) is 44.6 Å². The average molecular weight is 292 g/mol. The molecule has 1 aromatic heterocycles. The molecule has 0 radical (unpaired) electrons. The van der Waals surface area contributed by atoms with E-state index in [1.807, 2.05) is 33.4 Å². The van der Waals surface area contributed by atoms with E-state index in [1.54, 1.807) is 4.68 Å². The standard InChI is InChI=1S/C16H28N4O/c1-13(19(2)11-15-10-18-20(3)12-15)16(21)17-9-14-7-5-4-6-8-14/h10,12-14H,4-9,11H2,1-3H3,(H,17,21). The van der Waals surface area contributed by atoms with Crippen LogP contribution in [0.5, 0.6) is 0 Å². The monoisotopic (exact) mass is 292 g/mol. The maximum atomic E-state index is 12.2. The van der Waals surface area contributed by atoms with E-state index in [1.165, 1.54) is 32.1 Å². The van der Waals surface area contributed by atoms with Crippen LogP contribution < -0.4 is 5.32 Å². The molecule has 0 bridgehead atoms. The van der Waals surface area contributed by atoms with Crippen molar-refractivity contribution in [2.75, 3.05) is 13.6 Å². The van der Waals surface area contributed by atoms with Crippen molar-refractivity contribution < 1.29 is 4.79 Å². The van der Waals surface area contributed by atoms with E-state index in [-0.39, 0.29) is 11.9 Å². The molecule has 21 heavy (non-hydrogen) atoms. The molecular weight excluding hydrogens is 264 g/mol. The number of nitrogens with zero attached hydrogens (tertiary/aromatic N) is 3. The van der Waals surface area contributed by atoms with Crippen molar-refractivity contribution >= 4 is 5.91 Å². The fourth-order valence-electron chi connectivity index (χ4n) is 2.96. The molecule has 1 N–H and O–H groups in total. The van der Waals surface area contributed by atoms with E-state index in [2.05, 4.69) is 15.3 Å². The van der Waals surface area contributed by atoms with Crippen molar-refractivity contribution in [1.82, 2.24) is 20.0 Å². The Kier molecular flexibility index (Phi) is 5.79. The molecular formula is C16H28N4O. The summed E-state index contributed by atoms with van der Waals surface area (Å²) in [5, 5.41) is 7.28. The molecule has 2 rings (SSSR count). The number of hydrogen-bond donors (Lipinski definition) is 1. The van der Waals surface area contributed by atoms with E-state index in [4.69, 9.17) is 0 Å². The summed E-state index contributed by atoms with van der Waals surface area (Å²) in [6.07, 6.45) is 10.4. The van der Waals surface area contributed by atoms with Gasteiger partial charge in [-0.3, -0.25) is 14.4 Å². The molecule has 0 spiro atoms. The zero-order valence-electron chi connectivity index (χ0n) is 13.5. The lowest BCUT2D eigenvalue weighted by Gasteiger charge is -2.26. The van der Waals surface area contributed by atoms with Gasteiger partial charge in [0.25, 0.3) is 0 Å². The van der Waals surface area contributed by atoms with E-state index in [0.29, 0.717) is 5.92 Å². The van der Waals surface area contributed by atoms with Gasteiger partial charge in [0.1, 0.15) is 0 Å². The summed E-state index contributed by atoms with van der Waals surface area (Å²) in [5.74, 6) is 0.811. The average Bonchev–Trinajstić information content (AvgIpc) is 2.90. The molecule has 1 heterocycles. The molecule has 118 valence electrons. The molecule has 1 amide bonds. The molecule has 5 nitrogen and oxygen atoms in total. The smallest absolute Gasteiger partial charge is 0.237 e. The van der Waals surface area contributed by atoms with Crippen LogP contribution in [0.4, 0.5) is 0 Å². The topological polar surface area (TPSA) is 50.2 Å². The highest BCUT2D eigenvalue weighted by molar-refractivity contribution is 5.81. The lowest BCUT2D eigenvalue weighted by Crippen LogP contribution is -2.44. The zero-order valence-corrected chi connectivity index (χ0v) is 13.5. The number of nitrogens with one attached hydrogen (secondary N) is 1. The van der Waals surface area contributed by atoms with E-state index >= 15 is 0 Å². The van der Waals surface area contributed by atoms with Crippen LogP contribution in [-0.4, -0.2) is 40.2 Å². The van der Waals surface area contributed by atoms with Gasteiger partial charge in [-0.25, -0.2) is 0 Å². The summed E-state index contributed by atoms with van der Waals surface area (Å²) in [7, 11) is 3.89. The van der Waals surface area contributed by atoms with Crippen molar-refractivity contribution in [1.29, 1.82) is 0 Å². The van der Waals surface area contributed by atoms with Crippen LogP contribution in [0.25, 0.3) is 0 Å². The lowest BCUT2D eigenvalue weighted by molar-refractivity contribution is -0.125. The predicted octanol–water partition coefficient (Wildman–Crippen LogP) is 1.94. The minimum Gasteiger partial charge on any atom is -0.354 e. The summed E-state index contributed by atoms with van der Waals surface area (Å²) < 4.78 is 1.79. The Hall–Kier alpha value is -1.36. The van der Waals surface area contributed by atoms with Gasteiger partial charge in [0, 0.05) is 31.9 Å². The number of rotatable bonds is 6. The van der Waals surface area contributed by atoms with Gasteiger partial charge in [0.15, 0.2) is 0 Å². The fraction of sp³-hybridized carbons (Fsp3) is 0.750. The molecule has 0 aromatic carbocycles. The zero-order chi connectivity index (χ0) is 15.2. The summed E-state index contributed by atoms with van der Waals surface area (Å²) >= 11 is 0. The van der Waals surface area contributed by atoms with E-state index in [9.17, 15) is 4.79 Å². The number of carbonyl (C=O) groups excluding carboxylic acids is 1. The van der Waals surface area contributed by atoms with Crippen molar-refractivity contribution in [2.24, 2.45) is 13.0 Å². The minimum atomic E-state index is -0.117. The second-order valence-corrected chi connectivity index (χ2v) is 6.36. The Morgan fingerprint density at radius 3 is 2.81 bits per heavy atom. The van der Waals surface area contributed by atoms with Crippen molar-refractivity contribution in [2.45, 2.75) is 51.6 Å². The Balaban J connectivity index is 1.75. The lowest BCUT2D eigenvalue weighted by atomic mass is 9.89. The first kappa shape index (κ1) is 16.0. The van der Waals surface area contributed by atoms with Gasteiger partial charge in [-0.15, -0.1) is 0 Å². The first-order valence-corrected chi connectivity index (χ1v) is 8.01. The van der Waals surface area contributed by atoms with Gasteiger partial charge >= 0.3 is 0 Å². The molecule has 1 aliphatic rings. The summed E-state index contributed by atoms with van der Waals surface area (Å²) in [6.45, 7) is 3.54. The normalized spacial score (nSPS) is 17.9. The molecule has 1 unspecified atom stereocenters. The van der Waals surface area contributed by atoms with Gasteiger partial charge in [-0.1, -0.05) is 19.3 Å². The highest BCUT2D eigenvalue weighted by Crippen LogP contribution is 2.22. The molecule has 0 aliphatic heterocycles. The molecule has 1 fully saturated rings. The highest BCUT2D eigenvalue weighted by atomic mass is 16.2. The molecule has 1 aliphatic carbocycles. The number of hydrogen-bond acceptors (Lipinski definition) is 3. The quantitative estimate of drug-likeness (QED) is 0.871.